The first-order chi connectivity index (χ1) is 11.3. The van der Waals surface area contributed by atoms with Crippen LogP contribution in [0.1, 0.15) is 35.3 Å². The quantitative estimate of drug-likeness (QED) is 0.731. The van der Waals surface area contributed by atoms with Gasteiger partial charge in [-0.05, 0) is 30.4 Å². The van der Waals surface area contributed by atoms with Crippen LogP contribution in [0.4, 0.5) is 0 Å². The van der Waals surface area contributed by atoms with Gasteiger partial charge in [-0.1, -0.05) is 18.5 Å². The highest BCUT2D eigenvalue weighted by Gasteiger charge is 2.48. The maximum absolute atomic E-state index is 7.75. The third-order valence-corrected chi connectivity index (χ3v) is 4.64. The molecule has 3 aromatic rings. The Morgan fingerprint density at radius 3 is 3.10 bits per heavy atom. The van der Waals surface area contributed by atoms with Gasteiger partial charge in [-0.25, -0.2) is 4.98 Å². The van der Waals surface area contributed by atoms with Crippen molar-refractivity contribution in [3.05, 3.63) is 47.4 Å². The highest BCUT2D eigenvalue weighted by Crippen LogP contribution is 2.51. The normalized spacial score (nSPS) is 27.9. The Kier molecular flexibility index (Phi) is 2.04. The number of hydrogen-bond donors (Lipinski definition) is 0. The monoisotopic (exact) mass is 304 g/mol. The Balaban J connectivity index is 1.92. The molecule has 0 aliphatic heterocycles. The minimum Gasteiger partial charge on any atom is -0.320 e. The van der Waals surface area contributed by atoms with Gasteiger partial charge in [-0.3, -0.25) is 0 Å². The van der Waals surface area contributed by atoms with E-state index in [1.54, 1.807) is 6.20 Å². The molecule has 6 heteroatoms. The van der Waals surface area contributed by atoms with Crippen molar-refractivity contribution in [2.45, 2.75) is 25.2 Å². The first-order valence-corrected chi connectivity index (χ1v) is 7.23. The van der Waals surface area contributed by atoms with Gasteiger partial charge in [0.05, 0.1) is 10.4 Å². The largest absolute Gasteiger partial charge is 0.320 e. The van der Waals surface area contributed by atoms with Crippen molar-refractivity contribution < 1.29 is 4.11 Å². The minimum atomic E-state index is -2.31. The summed E-state index contributed by atoms with van der Waals surface area (Å²) in [5.41, 5.74) is 1.13. The predicted octanol–water partition coefficient (Wildman–Crippen LogP) is 2.83. The number of pyridine rings is 1. The second kappa shape index (κ2) is 4.31. The van der Waals surface area contributed by atoms with Gasteiger partial charge in [0.15, 0.2) is 5.65 Å². The number of nitrogens with zero attached hydrogens (tertiary/aromatic N) is 5. The number of fused-ring (bicyclic) bond motifs is 1. The fourth-order valence-electron chi connectivity index (χ4n) is 3.49. The van der Waals surface area contributed by atoms with Crippen LogP contribution in [-0.2, 0) is 12.4 Å². The lowest BCUT2D eigenvalue weighted by atomic mass is 9.59. The van der Waals surface area contributed by atoms with Gasteiger partial charge in [0, 0.05) is 29.7 Å². The molecule has 0 saturated heterocycles. The third-order valence-electron chi connectivity index (χ3n) is 4.36. The molecule has 1 fully saturated rings. The molecule has 21 heavy (non-hydrogen) atoms. The highest BCUT2D eigenvalue weighted by molar-refractivity contribution is 6.33. The molecule has 1 aliphatic rings. The van der Waals surface area contributed by atoms with Gasteiger partial charge in [0.25, 0.3) is 0 Å². The lowest BCUT2D eigenvalue weighted by molar-refractivity contribution is 0.185. The summed E-state index contributed by atoms with van der Waals surface area (Å²) in [4.78, 5) is 4.23. The summed E-state index contributed by atoms with van der Waals surface area (Å²) in [6.07, 6.45) is 8.36. The van der Waals surface area contributed by atoms with Gasteiger partial charge in [-0.15, -0.1) is 10.2 Å². The molecular weight excluding hydrogens is 286 g/mol. The van der Waals surface area contributed by atoms with Crippen LogP contribution in [0.5, 0.6) is 0 Å². The van der Waals surface area contributed by atoms with E-state index in [-0.39, 0.29) is 0 Å². The fraction of sp³-hybridized carbons (Fsp3) is 0.400. The molecular formula is C15H16ClN5. The zero-order valence-electron chi connectivity index (χ0n) is 14.5. The summed E-state index contributed by atoms with van der Waals surface area (Å²) < 4.78 is 26.3. The van der Waals surface area contributed by atoms with E-state index in [9.17, 15) is 0 Å². The molecule has 108 valence electrons. The summed E-state index contributed by atoms with van der Waals surface area (Å²) in [5.74, 6) is 0.945. The number of halogens is 1. The lowest BCUT2D eigenvalue weighted by Crippen LogP contribution is -2.43. The maximum Gasteiger partial charge on any atom is 0.155 e. The topological polar surface area (TPSA) is 48.0 Å². The SMILES string of the molecule is [2H]C([2H])([2H])n1cnnc1C1(c2cc(Cl)c3nccn3c2)CC(C)C1. The molecule has 1 aliphatic carbocycles. The van der Waals surface area contributed by atoms with E-state index in [0.717, 1.165) is 18.4 Å². The fourth-order valence-corrected chi connectivity index (χ4v) is 3.75. The first-order valence-electron chi connectivity index (χ1n) is 8.35. The Morgan fingerprint density at radius 1 is 1.48 bits per heavy atom. The molecule has 3 aromatic heterocycles. The Morgan fingerprint density at radius 2 is 2.33 bits per heavy atom. The number of aryl methyl sites for hydroxylation is 1. The molecule has 0 unspecified atom stereocenters. The van der Waals surface area contributed by atoms with E-state index in [0.29, 0.717) is 22.4 Å². The average molecular weight is 305 g/mol. The third kappa shape index (κ3) is 1.73. The van der Waals surface area contributed by atoms with E-state index < -0.39 is 12.4 Å². The van der Waals surface area contributed by atoms with Gasteiger partial charge < -0.3 is 8.97 Å². The minimum absolute atomic E-state index is 0.469. The van der Waals surface area contributed by atoms with Crippen LogP contribution in [-0.4, -0.2) is 24.1 Å². The lowest BCUT2D eigenvalue weighted by Gasteiger charge is -2.46. The van der Waals surface area contributed by atoms with Gasteiger partial charge in [-0.2, -0.15) is 0 Å². The molecule has 0 bridgehead atoms. The second-order valence-electron chi connectivity index (χ2n) is 5.85. The molecule has 0 N–H and O–H groups in total. The summed E-state index contributed by atoms with van der Waals surface area (Å²) in [7, 11) is 0. The molecule has 0 radical (unpaired) electrons. The van der Waals surface area contributed by atoms with Crippen molar-refractivity contribution in [2.24, 2.45) is 12.9 Å². The van der Waals surface area contributed by atoms with E-state index in [4.69, 9.17) is 15.7 Å². The molecule has 3 heterocycles. The molecule has 4 rings (SSSR count). The van der Waals surface area contributed by atoms with Crippen molar-refractivity contribution in [3.8, 4) is 0 Å². The van der Waals surface area contributed by atoms with Crippen LogP contribution >= 0.6 is 11.6 Å². The predicted molar refractivity (Wildman–Crippen MR) is 80.4 cm³/mol. The van der Waals surface area contributed by atoms with Crippen LogP contribution in [0.3, 0.4) is 0 Å². The second-order valence-corrected chi connectivity index (χ2v) is 6.26. The molecule has 0 atom stereocenters. The summed E-state index contributed by atoms with van der Waals surface area (Å²) in [6.45, 7) is -0.167. The van der Waals surface area contributed by atoms with Gasteiger partial charge in [0.1, 0.15) is 12.2 Å². The zero-order chi connectivity index (χ0) is 17.1. The van der Waals surface area contributed by atoms with E-state index >= 15 is 0 Å². The maximum atomic E-state index is 7.75. The van der Waals surface area contributed by atoms with Crippen LogP contribution in [0.2, 0.25) is 5.02 Å². The van der Waals surface area contributed by atoms with Gasteiger partial charge >= 0.3 is 0 Å². The Hall–Kier alpha value is -1.88. The van der Waals surface area contributed by atoms with Gasteiger partial charge in [0.2, 0.25) is 0 Å². The van der Waals surface area contributed by atoms with Crippen LogP contribution in [0.25, 0.3) is 5.65 Å². The molecule has 0 aromatic carbocycles. The standard InChI is InChI=1S/C15H16ClN5/c1-10-6-15(7-10,14-19-18-9-20(14)2)11-5-12(16)13-17-3-4-21(13)8-11/h3-5,8-10H,6-7H2,1-2H3/i2D3. The average Bonchev–Trinajstić information content (AvgIpc) is 3.11. The molecule has 1 saturated carbocycles. The Labute approximate surface area is 131 Å². The summed E-state index contributed by atoms with van der Waals surface area (Å²) in [6, 6.07) is 1.87. The van der Waals surface area contributed by atoms with Crippen molar-refractivity contribution in [1.29, 1.82) is 0 Å². The van der Waals surface area contributed by atoms with Crippen molar-refractivity contribution in [3.63, 3.8) is 0 Å². The van der Waals surface area contributed by atoms with E-state index in [1.807, 2.05) is 22.9 Å². The van der Waals surface area contributed by atoms with E-state index in [2.05, 4.69) is 22.1 Å². The highest BCUT2D eigenvalue weighted by atomic mass is 35.5. The van der Waals surface area contributed by atoms with Crippen LogP contribution < -0.4 is 0 Å². The zero-order valence-corrected chi connectivity index (χ0v) is 12.2. The van der Waals surface area contributed by atoms with Crippen molar-refractivity contribution >= 4 is 17.2 Å². The number of hydrogen-bond acceptors (Lipinski definition) is 3. The molecule has 5 nitrogen and oxygen atoms in total. The Bertz CT molecular complexity index is 907. The summed E-state index contributed by atoms with van der Waals surface area (Å²) >= 11 is 6.38. The van der Waals surface area contributed by atoms with Crippen LogP contribution in [0, 0.1) is 5.92 Å². The smallest absolute Gasteiger partial charge is 0.155 e. The van der Waals surface area contributed by atoms with Crippen LogP contribution in [0.15, 0.2) is 31.0 Å². The molecule has 0 amide bonds. The van der Waals surface area contributed by atoms with E-state index in [1.165, 1.54) is 10.9 Å². The molecule has 0 spiro atoms. The number of aromatic nitrogens is 5. The first kappa shape index (κ1) is 9.95. The van der Waals surface area contributed by atoms with Crippen molar-refractivity contribution in [1.82, 2.24) is 24.1 Å². The number of imidazole rings is 1. The van der Waals surface area contributed by atoms with Crippen molar-refractivity contribution in [2.75, 3.05) is 0 Å². The number of rotatable bonds is 2. The summed E-state index contributed by atoms with van der Waals surface area (Å²) in [5, 5.41) is 8.57.